The molecular formula is C26H37F3N6O3S. The highest BCUT2D eigenvalue weighted by Gasteiger charge is 2.43. The first-order chi connectivity index (χ1) is 18.0. The van der Waals surface area contributed by atoms with Crippen LogP contribution in [0.2, 0.25) is 0 Å². The van der Waals surface area contributed by atoms with Crippen LogP contribution in [-0.2, 0) is 10.0 Å². The van der Waals surface area contributed by atoms with Crippen LogP contribution in [0.3, 0.4) is 0 Å². The minimum atomic E-state index is -3.32. The summed E-state index contributed by atoms with van der Waals surface area (Å²) in [6.45, 7) is 9.00. The summed E-state index contributed by atoms with van der Waals surface area (Å²) in [5.74, 6) is -3.04. The van der Waals surface area contributed by atoms with Crippen LogP contribution >= 0.6 is 0 Å². The minimum Gasteiger partial charge on any atom is -0.484 e. The molecule has 1 aromatic heterocycles. The highest BCUT2D eigenvalue weighted by molar-refractivity contribution is 7.88. The lowest BCUT2D eigenvalue weighted by atomic mass is 9.77. The van der Waals surface area contributed by atoms with Crippen molar-refractivity contribution in [2.45, 2.75) is 76.6 Å². The van der Waals surface area contributed by atoms with Crippen molar-refractivity contribution < 1.29 is 26.3 Å². The molecule has 4 rings (SSSR count). The lowest BCUT2D eigenvalue weighted by Gasteiger charge is -2.53. The Labute approximate surface area is 228 Å². The first-order valence-electron chi connectivity index (χ1n) is 13.0. The molecule has 3 heterocycles. The quantitative estimate of drug-likeness (QED) is 0.502. The first kappa shape index (κ1) is 29.3. The number of ether oxygens (including phenoxy) is 1. The van der Waals surface area contributed by atoms with Gasteiger partial charge in [-0.15, -0.1) is 0 Å². The van der Waals surface area contributed by atoms with Crippen LogP contribution in [0.25, 0.3) is 0 Å². The lowest BCUT2D eigenvalue weighted by Crippen LogP contribution is -2.61. The van der Waals surface area contributed by atoms with Crippen LogP contribution in [0.15, 0.2) is 18.3 Å². The van der Waals surface area contributed by atoms with E-state index in [4.69, 9.17) is 4.74 Å². The van der Waals surface area contributed by atoms with Crippen LogP contribution < -0.4 is 15.4 Å². The smallest absolute Gasteiger partial charge is 0.229 e. The molecule has 2 fully saturated rings. The fourth-order valence-corrected chi connectivity index (χ4v) is 6.39. The molecule has 39 heavy (non-hydrogen) atoms. The van der Waals surface area contributed by atoms with Crippen molar-refractivity contribution in [3.8, 4) is 5.75 Å². The van der Waals surface area contributed by atoms with Crippen LogP contribution in [0.5, 0.6) is 5.75 Å². The number of rotatable bonds is 7. The van der Waals surface area contributed by atoms with Crippen molar-refractivity contribution in [3.63, 3.8) is 0 Å². The van der Waals surface area contributed by atoms with Crippen molar-refractivity contribution in [1.29, 1.82) is 0 Å². The van der Waals surface area contributed by atoms with E-state index in [0.717, 1.165) is 37.4 Å². The number of halogens is 3. The highest BCUT2D eigenvalue weighted by atomic mass is 32.2. The Morgan fingerprint density at radius 3 is 2.10 bits per heavy atom. The normalized spacial score (nSPS) is 21.1. The predicted molar refractivity (Wildman–Crippen MR) is 144 cm³/mol. The number of benzene rings is 1. The molecule has 0 atom stereocenters. The zero-order valence-electron chi connectivity index (χ0n) is 23.2. The summed E-state index contributed by atoms with van der Waals surface area (Å²) >= 11 is 0. The summed E-state index contributed by atoms with van der Waals surface area (Å²) < 4.78 is 74.5. The van der Waals surface area contributed by atoms with Gasteiger partial charge in [-0.25, -0.2) is 30.9 Å². The van der Waals surface area contributed by atoms with Crippen molar-refractivity contribution in [3.05, 3.63) is 35.8 Å². The maximum absolute atomic E-state index is 14.8. The summed E-state index contributed by atoms with van der Waals surface area (Å²) in [4.78, 5) is 10.5. The van der Waals surface area contributed by atoms with Gasteiger partial charge in [-0.1, -0.05) is 0 Å². The van der Waals surface area contributed by atoms with Crippen molar-refractivity contribution >= 4 is 27.5 Å². The zero-order chi connectivity index (χ0) is 28.8. The van der Waals surface area contributed by atoms with Gasteiger partial charge in [-0.2, -0.15) is 4.98 Å². The molecule has 0 saturated carbocycles. The van der Waals surface area contributed by atoms with Gasteiger partial charge in [0.2, 0.25) is 16.0 Å². The molecular weight excluding hydrogens is 533 g/mol. The Morgan fingerprint density at radius 1 is 1.00 bits per heavy atom. The fourth-order valence-electron chi connectivity index (χ4n) is 5.52. The number of nitrogens with one attached hydrogen (secondary N) is 2. The molecule has 2 aliphatic rings. The average molecular weight is 571 g/mol. The van der Waals surface area contributed by atoms with Crippen LogP contribution in [0, 0.1) is 17.5 Å². The number of nitrogens with zero attached hydrogens (tertiary/aromatic N) is 4. The van der Waals surface area contributed by atoms with E-state index in [1.165, 1.54) is 4.31 Å². The van der Waals surface area contributed by atoms with Crippen molar-refractivity contribution in [2.24, 2.45) is 0 Å². The average Bonchev–Trinajstić information content (AvgIpc) is 2.81. The Morgan fingerprint density at radius 2 is 1.56 bits per heavy atom. The second-order valence-electron chi connectivity index (χ2n) is 11.7. The van der Waals surface area contributed by atoms with Crippen molar-refractivity contribution in [2.75, 3.05) is 37.0 Å². The van der Waals surface area contributed by atoms with Crippen LogP contribution in [0.1, 0.15) is 53.4 Å². The van der Waals surface area contributed by atoms with E-state index in [0.29, 0.717) is 12.8 Å². The summed E-state index contributed by atoms with van der Waals surface area (Å²) in [7, 11) is -1.24. The van der Waals surface area contributed by atoms with E-state index < -0.39 is 39.3 Å². The molecule has 0 radical (unpaired) electrons. The third-order valence-corrected chi connectivity index (χ3v) is 9.10. The Balaban J connectivity index is 1.44. The molecule has 2 aromatic rings. The van der Waals surface area contributed by atoms with Gasteiger partial charge in [0.1, 0.15) is 6.10 Å². The molecule has 0 spiro atoms. The Kier molecular flexibility index (Phi) is 8.08. The number of sulfonamides is 1. The molecule has 1 aromatic carbocycles. The molecule has 13 heteroatoms. The maximum Gasteiger partial charge on any atom is 0.229 e. The topological polar surface area (TPSA) is 99.7 Å². The minimum absolute atomic E-state index is 0.00925. The van der Waals surface area contributed by atoms with Gasteiger partial charge in [-0.05, 0) is 60.4 Å². The largest absolute Gasteiger partial charge is 0.484 e. The van der Waals surface area contributed by atoms with E-state index in [9.17, 15) is 21.6 Å². The SMILES string of the molecule is CN1C(C)(C)CC(Nc2nc(Nc3cc(F)c(OC4CCN(S(C)(=O)=O)CC4)c(F)c3)ncc2F)CC1(C)C. The van der Waals surface area contributed by atoms with Crippen molar-refractivity contribution in [1.82, 2.24) is 19.2 Å². The van der Waals surface area contributed by atoms with Gasteiger partial charge in [0, 0.05) is 48.0 Å². The number of anilines is 3. The molecule has 2 N–H and O–H groups in total. The molecule has 0 bridgehead atoms. The molecule has 2 aliphatic heterocycles. The zero-order valence-corrected chi connectivity index (χ0v) is 24.0. The molecule has 216 valence electrons. The fraction of sp³-hybridized carbons (Fsp3) is 0.615. The second-order valence-corrected chi connectivity index (χ2v) is 13.7. The lowest BCUT2D eigenvalue weighted by molar-refractivity contribution is -0.00778. The van der Waals surface area contributed by atoms with E-state index in [-0.39, 0.29) is 47.7 Å². The third-order valence-electron chi connectivity index (χ3n) is 7.80. The predicted octanol–water partition coefficient (Wildman–Crippen LogP) is 4.50. The number of hydrogen-bond donors (Lipinski definition) is 2. The highest BCUT2D eigenvalue weighted by Crippen LogP contribution is 2.38. The number of aromatic nitrogens is 2. The molecule has 2 saturated heterocycles. The molecule has 0 unspecified atom stereocenters. The van der Waals surface area contributed by atoms with Gasteiger partial charge >= 0.3 is 0 Å². The Hall–Kier alpha value is -2.64. The molecule has 9 nitrogen and oxygen atoms in total. The number of likely N-dealkylation sites (tertiary alicyclic amines) is 1. The first-order valence-corrected chi connectivity index (χ1v) is 14.8. The van der Waals surface area contributed by atoms with Gasteiger partial charge in [0.25, 0.3) is 0 Å². The van der Waals surface area contributed by atoms with E-state index in [2.05, 4.69) is 60.2 Å². The summed E-state index contributed by atoms with van der Waals surface area (Å²) in [5.41, 5.74) is -0.204. The Bertz CT molecular complexity index is 1280. The van der Waals surface area contributed by atoms with Gasteiger partial charge in [0.15, 0.2) is 29.0 Å². The summed E-state index contributed by atoms with van der Waals surface area (Å²) in [6, 6.07) is 2.05. The monoisotopic (exact) mass is 570 g/mol. The van der Waals surface area contributed by atoms with E-state index in [1.54, 1.807) is 0 Å². The number of piperidine rings is 2. The van der Waals surface area contributed by atoms with Crippen LogP contribution in [0.4, 0.5) is 30.6 Å². The van der Waals surface area contributed by atoms with Crippen LogP contribution in [-0.4, -0.2) is 77.2 Å². The standard InChI is InChI=1S/C26H37F3N6O3S/c1-25(2)13-17(14-26(3,4)34(25)5)31-23-21(29)15-30-24(33-23)32-16-11-19(27)22(20(28)12-16)38-18-7-9-35(10-8-18)39(6,36)37/h11-12,15,17-18H,7-10,13-14H2,1-6H3,(H2,30,31,32,33). The third kappa shape index (κ3) is 6.75. The second kappa shape index (κ2) is 10.7. The number of hydrogen-bond acceptors (Lipinski definition) is 8. The maximum atomic E-state index is 14.8. The van der Waals surface area contributed by atoms with Gasteiger partial charge < -0.3 is 15.4 Å². The van der Waals surface area contributed by atoms with Gasteiger partial charge in [0.05, 0.1) is 12.5 Å². The molecule has 0 aliphatic carbocycles. The van der Waals surface area contributed by atoms with E-state index >= 15 is 0 Å². The summed E-state index contributed by atoms with van der Waals surface area (Å²) in [5, 5.41) is 5.93. The van der Waals surface area contributed by atoms with E-state index in [1.807, 2.05) is 0 Å². The summed E-state index contributed by atoms with van der Waals surface area (Å²) in [6.07, 6.45) is 3.78. The molecule has 0 amide bonds. The van der Waals surface area contributed by atoms with Gasteiger partial charge in [-0.3, -0.25) is 4.90 Å².